The van der Waals surface area contributed by atoms with E-state index in [4.69, 9.17) is 16.0 Å². The van der Waals surface area contributed by atoms with Gasteiger partial charge < -0.3 is 9.32 Å². The minimum absolute atomic E-state index is 0.0440. The molecule has 1 amide bonds. The first-order chi connectivity index (χ1) is 10.6. The van der Waals surface area contributed by atoms with Crippen molar-refractivity contribution < 1.29 is 9.21 Å². The van der Waals surface area contributed by atoms with Crippen molar-refractivity contribution >= 4 is 28.8 Å². The summed E-state index contributed by atoms with van der Waals surface area (Å²) in [5, 5.41) is 7.61. The summed E-state index contributed by atoms with van der Waals surface area (Å²) in [5.74, 6) is 0.919. The van der Waals surface area contributed by atoms with E-state index in [1.165, 1.54) is 4.88 Å². The average molecular weight is 341 g/mol. The smallest absolute Gasteiger partial charge is 0.232 e. The van der Waals surface area contributed by atoms with Crippen LogP contribution in [0.25, 0.3) is 0 Å². The van der Waals surface area contributed by atoms with Crippen LogP contribution in [0.3, 0.4) is 0 Å². The highest BCUT2D eigenvalue weighted by Crippen LogP contribution is 2.23. The van der Waals surface area contributed by atoms with Crippen LogP contribution in [0.15, 0.2) is 16.5 Å². The summed E-state index contributed by atoms with van der Waals surface area (Å²) in [6, 6.07) is 3.98. The molecule has 0 bridgehead atoms. The Hall–Kier alpha value is -1.44. The molecule has 3 rings (SSSR count). The standard InChI is InChI=1S/C14H17ClN4O2S/c1-10-16-17-13(21-10)8-14(20)19-6-4-18(5-7-19)9-11-2-3-12(15)22-11/h2-3H,4-9H2,1H3. The third-order valence-corrected chi connectivity index (χ3v) is 4.82. The van der Waals surface area contributed by atoms with Crippen molar-refractivity contribution in [2.45, 2.75) is 19.9 Å². The molecule has 0 aliphatic carbocycles. The number of amides is 1. The van der Waals surface area contributed by atoms with Gasteiger partial charge in [-0.1, -0.05) is 11.6 Å². The molecule has 1 fully saturated rings. The van der Waals surface area contributed by atoms with E-state index in [-0.39, 0.29) is 12.3 Å². The Morgan fingerprint density at radius 3 is 2.68 bits per heavy atom. The van der Waals surface area contributed by atoms with Gasteiger partial charge in [-0.05, 0) is 12.1 Å². The SMILES string of the molecule is Cc1nnc(CC(=O)N2CCN(Cc3ccc(Cl)s3)CC2)o1. The second-order valence-electron chi connectivity index (χ2n) is 5.25. The van der Waals surface area contributed by atoms with Gasteiger partial charge in [-0.15, -0.1) is 21.5 Å². The molecule has 22 heavy (non-hydrogen) atoms. The zero-order chi connectivity index (χ0) is 15.5. The number of carbonyl (C=O) groups excluding carboxylic acids is 1. The summed E-state index contributed by atoms with van der Waals surface area (Å²) in [6.07, 6.45) is 0.182. The Bertz CT molecular complexity index is 649. The van der Waals surface area contributed by atoms with Gasteiger partial charge in [-0.25, -0.2) is 0 Å². The first-order valence-corrected chi connectivity index (χ1v) is 8.33. The number of aromatic nitrogens is 2. The highest BCUT2D eigenvalue weighted by molar-refractivity contribution is 7.16. The number of carbonyl (C=O) groups is 1. The molecule has 8 heteroatoms. The first-order valence-electron chi connectivity index (χ1n) is 7.13. The number of thiophene rings is 1. The lowest BCUT2D eigenvalue weighted by atomic mass is 10.2. The molecule has 1 aliphatic rings. The number of hydrogen-bond donors (Lipinski definition) is 0. The summed E-state index contributed by atoms with van der Waals surface area (Å²) in [4.78, 5) is 17.7. The van der Waals surface area contributed by atoms with Crippen LogP contribution in [0.4, 0.5) is 0 Å². The molecule has 0 radical (unpaired) electrons. The zero-order valence-corrected chi connectivity index (χ0v) is 13.9. The van der Waals surface area contributed by atoms with E-state index in [2.05, 4.69) is 21.2 Å². The molecule has 118 valence electrons. The van der Waals surface area contributed by atoms with E-state index in [1.54, 1.807) is 18.3 Å². The van der Waals surface area contributed by atoms with Gasteiger partial charge in [0.1, 0.15) is 6.42 Å². The highest BCUT2D eigenvalue weighted by atomic mass is 35.5. The lowest BCUT2D eigenvalue weighted by Crippen LogP contribution is -2.48. The second kappa shape index (κ2) is 6.76. The third kappa shape index (κ3) is 3.85. The summed E-state index contributed by atoms with van der Waals surface area (Å²) in [5.41, 5.74) is 0. The Morgan fingerprint density at radius 1 is 1.32 bits per heavy atom. The Kier molecular flexibility index (Phi) is 4.75. The van der Waals surface area contributed by atoms with Crippen molar-refractivity contribution in [1.82, 2.24) is 20.0 Å². The number of halogens is 1. The van der Waals surface area contributed by atoms with Gasteiger partial charge in [0.25, 0.3) is 0 Å². The number of piperazine rings is 1. The minimum Gasteiger partial charge on any atom is -0.425 e. The number of aryl methyl sites for hydroxylation is 1. The van der Waals surface area contributed by atoms with Crippen molar-refractivity contribution in [2.75, 3.05) is 26.2 Å². The van der Waals surface area contributed by atoms with E-state index in [9.17, 15) is 4.79 Å². The molecule has 1 saturated heterocycles. The van der Waals surface area contributed by atoms with E-state index < -0.39 is 0 Å². The van der Waals surface area contributed by atoms with E-state index in [0.29, 0.717) is 11.8 Å². The molecule has 0 N–H and O–H groups in total. The molecule has 0 spiro atoms. The third-order valence-electron chi connectivity index (χ3n) is 3.60. The Morgan fingerprint density at radius 2 is 2.09 bits per heavy atom. The molecule has 2 aromatic rings. The predicted octanol–water partition coefficient (Wildman–Crippen LogP) is 1.98. The van der Waals surface area contributed by atoms with Crippen molar-refractivity contribution in [1.29, 1.82) is 0 Å². The Balaban J connectivity index is 1.47. The van der Waals surface area contributed by atoms with Crippen LogP contribution >= 0.6 is 22.9 Å². The van der Waals surface area contributed by atoms with Gasteiger partial charge in [-0.3, -0.25) is 9.69 Å². The lowest BCUT2D eigenvalue weighted by Gasteiger charge is -2.34. The normalized spacial score (nSPS) is 16.2. The fourth-order valence-electron chi connectivity index (χ4n) is 2.46. The highest BCUT2D eigenvalue weighted by Gasteiger charge is 2.22. The maximum atomic E-state index is 12.2. The van der Waals surface area contributed by atoms with Crippen molar-refractivity contribution in [2.24, 2.45) is 0 Å². The fraction of sp³-hybridized carbons (Fsp3) is 0.500. The van der Waals surface area contributed by atoms with Crippen molar-refractivity contribution in [3.63, 3.8) is 0 Å². The van der Waals surface area contributed by atoms with Crippen molar-refractivity contribution in [3.8, 4) is 0 Å². The van der Waals surface area contributed by atoms with Crippen molar-refractivity contribution in [3.05, 3.63) is 33.1 Å². The van der Waals surface area contributed by atoms with Crippen LogP contribution in [0.2, 0.25) is 4.34 Å². The summed E-state index contributed by atoms with van der Waals surface area (Å²) < 4.78 is 6.07. The molecule has 6 nitrogen and oxygen atoms in total. The Labute approximate surface area is 137 Å². The zero-order valence-electron chi connectivity index (χ0n) is 12.3. The largest absolute Gasteiger partial charge is 0.425 e. The average Bonchev–Trinajstić information content (AvgIpc) is 3.08. The first kappa shape index (κ1) is 15.5. The van der Waals surface area contributed by atoms with Gasteiger partial charge >= 0.3 is 0 Å². The van der Waals surface area contributed by atoms with E-state index >= 15 is 0 Å². The summed E-state index contributed by atoms with van der Waals surface area (Å²) in [6.45, 7) is 5.79. The molecule has 0 aromatic carbocycles. The van der Waals surface area contributed by atoms with Gasteiger partial charge in [-0.2, -0.15) is 0 Å². The number of nitrogens with zero attached hydrogens (tertiary/aromatic N) is 4. The van der Waals surface area contributed by atoms with Crippen LogP contribution in [-0.2, 0) is 17.8 Å². The lowest BCUT2D eigenvalue weighted by molar-refractivity contribution is -0.132. The number of hydrogen-bond acceptors (Lipinski definition) is 6. The van der Waals surface area contributed by atoms with Crippen LogP contribution < -0.4 is 0 Å². The van der Waals surface area contributed by atoms with E-state index in [1.807, 2.05) is 11.0 Å². The quantitative estimate of drug-likeness (QED) is 0.851. The monoisotopic (exact) mass is 340 g/mol. The van der Waals surface area contributed by atoms with Gasteiger partial charge in [0.15, 0.2) is 0 Å². The molecule has 3 heterocycles. The van der Waals surface area contributed by atoms with Gasteiger partial charge in [0.2, 0.25) is 17.7 Å². The van der Waals surface area contributed by atoms with Gasteiger partial charge in [0.05, 0.1) is 4.34 Å². The molecule has 1 aliphatic heterocycles. The fourth-order valence-corrected chi connectivity index (χ4v) is 3.59. The molecule has 0 saturated carbocycles. The molecular weight excluding hydrogens is 324 g/mol. The van der Waals surface area contributed by atoms with Crippen LogP contribution in [0.1, 0.15) is 16.7 Å². The maximum Gasteiger partial charge on any atom is 0.232 e. The van der Waals surface area contributed by atoms with Gasteiger partial charge in [0, 0.05) is 44.5 Å². The molecule has 0 unspecified atom stereocenters. The predicted molar refractivity (Wildman–Crippen MR) is 83.9 cm³/mol. The number of rotatable bonds is 4. The van der Waals surface area contributed by atoms with Crippen LogP contribution in [-0.4, -0.2) is 52.1 Å². The topological polar surface area (TPSA) is 62.5 Å². The van der Waals surface area contributed by atoms with E-state index in [0.717, 1.165) is 37.1 Å². The summed E-state index contributed by atoms with van der Waals surface area (Å²) >= 11 is 7.56. The summed E-state index contributed by atoms with van der Waals surface area (Å²) in [7, 11) is 0. The molecule has 0 atom stereocenters. The second-order valence-corrected chi connectivity index (χ2v) is 7.05. The van der Waals surface area contributed by atoms with Crippen LogP contribution in [0.5, 0.6) is 0 Å². The molecule has 2 aromatic heterocycles. The minimum atomic E-state index is 0.0440. The maximum absolute atomic E-state index is 12.2. The molecular formula is C14H17ClN4O2S. The van der Waals surface area contributed by atoms with Crippen LogP contribution in [0, 0.1) is 6.92 Å².